The van der Waals surface area contributed by atoms with Crippen LogP contribution >= 0.6 is 0 Å². The molecule has 1 fully saturated rings. The van der Waals surface area contributed by atoms with Crippen LogP contribution in [-0.2, 0) is 43.6 Å². The van der Waals surface area contributed by atoms with Gasteiger partial charge in [0.2, 0.25) is 0 Å². The minimum absolute atomic E-state index is 0.0187. The van der Waals surface area contributed by atoms with Crippen molar-refractivity contribution in [2.45, 2.75) is 83.1 Å². The molecule has 1 aliphatic rings. The van der Waals surface area contributed by atoms with Crippen LogP contribution in [0.5, 0.6) is 0 Å². The molecule has 4 rings (SSSR count). The van der Waals surface area contributed by atoms with Gasteiger partial charge >= 0.3 is 6.09 Å². The molecule has 3 aromatic rings. The summed E-state index contributed by atoms with van der Waals surface area (Å²) in [5.74, 6) is -0.543. The topological polar surface area (TPSA) is 138 Å². The summed E-state index contributed by atoms with van der Waals surface area (Å²) in [6.07, 6.45) is -6.70. The minimum Gasteiger partial charge on any atom is -0.444 e. The first-order valence-electron chi connectivity index (χ1n) is 16.7. The molecule has 0 bridgehead atoms. The van der Waals surface area contributed by atoms with Gasteiger partial charge < -0.3 is 44.1 Å². The van der Waals surface area contributed by atoms with E-state index in [9.17, 15) is 24.9 Å². The van der Waals surface area contributed by atoms with Crippen molar-refractivity contribution in [3.8, 4) is 0 Å². The molecule has 1 heterocycles. The normalized spacial score (nSPS) is 17.4. The highest BCUT2D eigenvalue weighted by Gasteiger charge is 2.51. The van der Waals surface area contributed by atoms with Gasteiger partial charge in [0.1, 0.15) is 23.4 Å². The molecule has 0 saturated carbocycles. The lowest BCUT2D eigenvalue weighted by Crippen LogP contribution is -2.64. The summed E-state index contributed by atoms with van der Waals surface area (Å²) in [6, 6.07) is 27.7. The SMILES string of the molecule is C[C@@H](O)[C@](O)(COCc1ccccc1)[C@@H](OCc1ccccc1)[C@H](O)[C@@H](OCc1ccccc1)C(=O)N1CCN(C(=O)OC(C)(C)C)CC1. The molecule has 1 saturated heterocycles. The monoisotopic (exact) mass is 678 g/mol. The first kappa shape index (κ1) is 38.0. The number of benzene rings is 3. The Hall–Kier alpha value is -3.84. The molecule has 0 aromatic heterocycles. The molecular weight excluding hydrogens is 628 g/mol. The summed E-state index contributed by atoms with van der Waals surface area (Å²) in [5, 5.41) is 35.2. The molecule has 0 radical (unpaired) electrons. The molecule has 1 aliphatic heterocycles. The van der Waals surface area contributed by atoms with Crippen LogP contribution in [0.4, 0.5) is 4.79 Å². The average molecular weight is 679 g/mol. The molecule has 0 aliphatic carbocycles. The molecule has 49 heavy (non-hydrogen) atoms. The number of ether oxygens (including phenoxy) is 4. The predicted molar refractivity (Wildman–Crippen MR) is 183 cm³/mol. The smallest absolute Gasteiger partial charge is 0.410 e. The van der Waals surface area contributed by atoms with E-state index in [-0.39, 0.29) is 46.0 Å². The van der Waals surface area contributed by atoms with Gasteiger partial charge in [0, 0.05) is 26.2 Å². The van der Waals surface area contributed by atoms with Gasteiger partial charge in [0.25, 0.3) is 5.91 Å². The minimum atomic E-state index is -2.16. The van der Waals surface area contributed by atoms with E-state index < -0.39 is 54.2 Å². The van der Waals surface area contributed by atoms with Crippen LogP contribution in [0.1, 0.15) is 44.4 Å². The summed E-state index contributed by atoms with van der Waals surface area (Å²) in [4.78, 5) is 29.9. The Labute approximate surface area is 289 Å². The Morgan fingerprint density at radius 2 is 1.16 bits per heavy atom. The van der Waals surface area contributed by atoms with Crippen molar-refractivity contribution >= 4 is 12.0 Å². The zero-order chi connectivity index (χ0) is 35.4. The van der Waals surface area contributed by atoms with Crippen molar-refractivity contribution in [2.24, 2.45) is 0 Å². The number of nitrogens with zero attached hydrogens (tertiary/aromatic N) is 2. The van der Waals surface area contributed by atoms with E-state index in [2.05, 4.69) is 0 Å². The fourth-order valence-electron chi connectivity index (χ4n) is 5.50. The average Bonchev–Trinajstić information content (AvgIpc) is 3.09. The summed E-state index contributed by atoms with van der Waals surface area (Å²) in [7, 11) is 0. The Bertz CT molecular complexity index is 1430. The fourth-order valence-corrected chi connectivity index (χ4v) is 5.50. The van der Waals surface area contributed by atoms with E-state index in [1.165, 1.54) is 16.7 Å². The van der Waals surface area contributed by atoms with Crippen LogP contribution in [0.25, 0.3) is 0 Å². The van der Waals surface area contributed by atoms with E-state index >= 15 is 0 Å². The molecule has 0 spiro atoms. The van der Waals surface area contributed by atoms with E-state index in [1.807, 2.05) is 91.0 Å². The van der Waals surface area contributed by atoms with Gasteiger partial charge in [0.05, 0.1) is 32.5 Å². The van der Waals surface area contributed by atoms with Crippen molar-refractivity contribution in [1.29, 1.82) is 0 Å². The molecule has 11 heteroatoms. The standard InChI is InChI=1S/C38H50N2O9/c1-28(41)38(45,27-46-24-29-14-8-5-9-15-29)34(48-26-31-18-12-7-13-19-31)32(42)33(47-25-30-16-10-6-11-17-30)35(43)39-20-22-40(23-21-39)36(44)49-37(2,3)4/h5-19,28,32-34,41-42,45H,20-27H2,1-4H3/t28-,32-,33-,34+,38-/m1/s1. The largest absolute Gasteiger partial charge is 0.444 e. The van der Waals surface area contributed by atoms with Gasteiger partial charge in [-0.2, -0.15) is 0 Å². The maximum absolute atomic E-state index is 14.2. The third-order valence-corrected chi connectivity index (χ3v) is 8.31. The van der Waals surface area contributed by atoms with Gasteiger partial charge in [-0.05, 0) is 44.4 Å². The quantitative estimate of drug-likeness (QED) is 0.218. The molecule has 3 aromatic carbocycles. The number of hydrogen-bond acceptors (Lipinski definition) is 9. The molecule has 0 unspecified atom stereocenters. The van der Waals surface area contributed by atoms with Crippen LogP contribution in [0, 0.1) is 0 Å². The second kappa shape index (κ2) is 17.7. The molecule has 5 atom stereocenters. The second-order valence-corrected chi connectivity index (χ2v) is 13.4. The van der Waals surface area contributed by atoms with Crippen molar-refractivity contribution in [3.63, 3.8) is 0 Å². The van der Waals surface area contributed by atoms with Crippen LogP contribution in [0.15, 0.2) is 91.0 Å². The summed E-state index contributed by atoms with van der Waals surface area (Å²) >= 11 is 0. The Balaban J connectivity index is 1.60. The third-order valence-electron chi connectivity index (χ3n) is 8.31. The van der Waals surface area contributed by atoms with Crippen LogP contribution in [-0.4, -0.2) is 106 Å². The lowest BCUT2D eigenvalue weighted by molar-refractivity contribution is -0.236. The van der Waals surface area contributed by atoms with Crippen LogP contribution in [0.3, 0.4) is 0 Å². The zero-order valence-electron chi connectivity index (χ0n) is 28.8. The van der Waals surface area contributed by atoms with Crippen LogP contribution < -0.4 is 0 Å². The third kappa shape index (κ3) is 11.1. The Morgan fingerprint density at radius 1 is 0.714 bits per heavy atom. The number of carbonyl (C=O) groups is 2. The number of amides is 2. The van der Waals surface area contributed by atoms with E-state index in [0.29, 0.717) is 0 Å². The summed E-state index contributed by atoms with van der Waals surface area (Å²) < 4.78 is 23.8. The first-order valence-corrected chi connectivity index (χ1v) is 16.7. The molecular formula is C38H50N2O9. The lowest BCUT2D eigenvalue weighted by Gasteiger charge is -2.43. The molecule has 266 valence electrons. The second-order valence-electron chi connectivity index (χ2n) is 13.4. The van der Waals surface area contributed by atoms with Crippen molar-refractivity contribution in [2.75, 3.05) is 32.8 Å². The first-order chi connectivity index (χ1) is 23.4. The Morgan fingerprint density at radius 3 is 1.63 bits per heavy atom. The number of aliphatic hydroxyl groups excluding tert-OH is 2. The highest BCUT2D eigenvalue weighted by atomic mass is 16.6. The highest BCUT2D eigenvalue weighted by Crippen LogP contribution is 2.28. The van der Waals surface area contributed by atoms with Gasteiger partial charge in [-0.15, -0.1) is 0 Å². The van der Waals surface area contributed by atoms with Crippen LogP contribution in [0.2, 0.25) is 0 Å². The Kier molecular flexibility index (Phi) is 13.7. The maximum Gasteiger partial charge on any atom is 0.410 e. The zero-order valence-corrected chi connectivity index (χ0v) is 28.8. The maximum atomic E-state index is 14.2. The number of hydrogen-bond donors (Lipinski definition) is 3. The highest BCUT2D eigenvalue weighted by molar-refractivity contribution is 5.82. The lowest BCUT2D eigenvalue weighted by atomic mass is 9.85. The molecule has 11 nitrogen and oxygen atoms in total. The van der Waals surface area contributed by atoms with Crippen molar-refractivity contribution in [1.82, 2.24) is 9.80 Å². The number of aliphatic hydroxyl groups is 3. The van der Waals surface area contributed by atoms with Crippen molar-refractivity contribution < 1.29 is 43.9 Å². The predicted octanol–water partition coefficient (Wildman–Crippen LogP) is 3.93. The van der Waals surface area contributed by atoms with Gasteiger partial charge in [0.15, 0.2) is 6.10 Å². The van der Waals surface area contributed by atoms with Gasteiger partial charge in [-0.1, -0.05) is 91.0 Å². The summed E-state index contributed by atoms with van der Waals surface area (Å²) in [6.45, 7) is 7.21. The summed E-state index contributed by atoms with van der Waals surface area (Å²) in [5.41, 5.74) is -0.453. The number of piperazine rings is 1. The van der Waals surface area contributed by atoms with E-state index in [0.717, 1.165) is 16.7 Å². The van der Waals surface area contributed by atoms with Gasteiger partial charge in [-0.25, -0.2) is 4.79 Å². The molecule has 3 N–H and O–H groups in total. The number of rotatable bonds is 15. The number of carbonyl (C=O) groups excluding carboxylic acids is 2. The molecule has 2 amide bonds. The van der Waals surface area contributed by atoms with E-state index in [4.69, 9.17) is 18.9 Å². The van der Waals surface area contributed by atoms with Gasteiger partial charge in [-0.3, -0.25) is 4.79 Å². The fraction of sp³-hybridized carbons (Fsp3) is 0.474. The van der Waals surface area contributed by atoms with E-state index in [1.54, 1.807) is 20.8 Å². The van der Waals surface area contributed by atoms with Crippen molar-refractivity contribution in [3.05, 3.63) is 108 Å².